The molecule has 0 fully saturated rings. The predicted molar refractivity (Wildman–Crippen MR) is 22.9 cm³/mol. The number of hydrogen-bond donors (Lipinski definition) is 0. The molecular weight excluding hydrogens is 197 g/mol. The lowest BCUT2D eigenvalue weighted by Crippen LogP contribution is -2.39. The van der Waals surface area contributed by atoms with Crippen molar-refractivity contribution >= 4 is 0 Å². The molecule has 0 rings (SSSR count). The van der Waals surface area contributed by atoms with E-state index in [0.717, 1.165) is 0 Å². The minimum atomic E-state index is -5.16. The SMILES string of the molecule is FC(F)OC(F)(F)C(F)C(F)F. The van der Waals surface area contributed by atoms with Crippen LogP contribution in [-0.2, 0) is 4.74 Å². The first-order valence-electron chi connectivity index (χ1n) is 2.53. The van der Waals surface area contributed by atoms with Gasteiger partial charge >= 0.3 is 12.7 Å². The Hall–Kier alpha value is -0.530. The minimum Gasteiger partial charge on any atom is -0.255 e. The molecule has 0 aromatic carbocycles. The maximum Gasteiger partial charge on any atom is 0.396 e. The van der Waals surface area contributed by atoms with Crippen LogP contribution in [0.3, 0.4) is 0 Å². The number of ether oxygens (including phenoxy) is 1. The highest BCUT2D eigenvalue weighted by atomic mass is 19.3. The Labute approximate surface area is 62.1 Å². The molecule has 1 unspecified atom stereocenters. The molecule has 1 atom stereocenters. The summed E-state index contributed by atoms with van der Waals surface area (Å²) in [6.07, 6.45) is -13.3. The summed E-state index contributed by atoms with van der Waals surface area (Å²) in [7, 11) is 0. The molecule has 74 valence electrons. The molecule has 0 aliphatic rings. The molecule has 1 nitrogen and oxygen atoms in total. The highest BCUT2D eigenvalue weighted by Crippen LogP contribution is 2.29. The van der Waals surface area contributed by atoms with E-state index in [1.165, 1.54) is 0 Å². The van der Waals surface area contributed by atoms with Crippen LogP contribution >= 0.6 is 0 Å². The molecule has 8 heteroatoms. The Balaban J connectivity index is 4.18. The zero-order chi connectivity index (χ0) is 9.94. The van der Waals surface area contributed by atoms with Crippen LogP contribution in [0.4, 0.5) is 30.7 Å². The first kappa shape index (κ1) is 11.5. The van der Waals surface area contributed by atoms with E-state index < -0.39 is 25.3 Å². The number of halogens is 7. The molecule has 0 spiro atoms. The van der Waals surface area contributed by atoms with Crippen molar-refractivity contribution in [3.8, 4) is 0 Å². The Morgan fingerprint density at radius 2 is 1.33 bits per heavy atom. The van der Waals surface area contributed by atoms with Crippen molar-refractivity contribution in [2.45, 2.75) is 25.3 Å². The zero-order valence-corrected chi connectivity index (χ0v) is 5.29. The normalized spacial score (nSPS) is 15.8. The van der Waals surface area contributed by atoms with E-state index in [1.807, 2.05) is 0 Å². The fourth-order valence-corrected chi connectivity index (χ4v) is 0.330. The van der Waals surface area contributed by atoms with Crippen molar-refractivity contribution in [2.24, 2.45) is 0 Å². The summed E-state index contributed by atoms with van der Waals surface area (Å²) in [5, 5.41) is 0. The second kappa shape index (κ2) is 3.92. The summed E-state index contributed by atoms with van der Waals surface area (Å²) in [5.41, 5.74) is 0. The second-order valence-corrected chi connectivity index (χ2v) is 1.68. The summed E-state index contributed by atoms with van der Waals surface area (Å²) in [4.78, 5) is 0. The molecule has 0 radical (unpaired) electrons. The second-order valence-electron chi connectivity index (χ2n) is 1.68. The summed E-state index contributed by atoms with van der Waals surface area (Å²) >= 11 is 0. The van der Waals surface area contributed by atoms with Crippen molar-refractivity contribution in [3.05, 3.63) is 0 Å². The van der Waals surface area contributed by atoms with Gasteiger partial charge in [0.05, 0.1) is 0 Å². The maximum atomic E-state index is 11.8. The topological polar surface area (TPSA) is 9.23 Å². The number of hydrogen-bond acceptors (Lipinski definition) is 1. The highest BCUT2D eigenvalue weighted by molar-refractivity contribution is 4.69. The van der Waals surface area contributed by atoms with Crippen molar-refractivity contribution < 1.29 is 35.5 Å². The van der Waals surface area contributed by atoms with Gasteiger partial charge in [-0.15, -0.1) is 0 Å². The van der Waals surface area contributed by atoms with E-state index >= 15 is 0 Å². The quantitative estimate of drug-likeness (QED) is 0.633. The summed E-state index contributed by atoms with van der Waals surface area (Å²) < 4.78 is 82.0. The van der Waals surface area contributed by atoms with Gasteiger partial charge in [-0.1, -0.05) is 0 Å². The van der Waals surface area contributed by atoms with Crippen LogP contribution in [0.25, 0.3) is 0 Å². The van der Waals surface area contributed by atoms with E-state index in [-0.39, 0.29) is 0 Å². The van der Waals surface area contributed by atoms with Gasteiger partial charge in [-0.2, -0.15) is 17.6 Å². The third-order valence-electron chi connectivity index (χ3n) is 0.788. The smallest absolute Gasteiger partial charge is 0.255 e. The van der Waals surface area contributed by atoms with Crippen molar-refractivity contribution in [1.82, 2.24) is 0 Å². The van der Waals surface area contributed by atoms with E-state index in [0.29, 0.717) is 0 Å². The van der Waals surface area contributed by atoms with Crippen LogP contribution in [0.15, 0.2) is 0 Å². The van der Waals surface area contributed by atoms with Gasteiger partial charge in [-0.05, 0) is 0 Å². The van der Waals surface area contributed by atoms with Crippen LogP contribution in [0.5, 0.6) is 0 Å². The lowest BCUT2D eigenvalue weighted by molar-refractivity contribution is -0.352. The van der Waals surface area contributed by atoms with Gasteiger partial charge in [-0.25, -0.2) is 13.2 Å². The van der Waals surface area contributed by atoms with Crippen molar-refractivity contribution in [3.63, 3.8) is 0 Å². The lowest BCUT2D eigenvalue weighted by Gasteiger charge is -2.18. The standard InChI is InChI=1S/C4H3F7O/c5-1(2(6)7)4(10,11)12-3(8)9/h1-3H. The molecule has 0 bridgehead atoms. The number of rotatable bonds is 4. The van der Waals surface area contributed by atoms with Crippen LogP contribution in [-0.4, -0.2) is 25.3 Å². The summed E-state index contributed by atoms with van der Waals surface area (Å²) in [6.45, 7) is -4.00. The first-order valence-corrected chi connectivity index (χ1v) is 2.53. The summed E-state index contributed by atoms with van der Waals surface area (Å²) in [6, 6.07) is 0. The fourth-order valence-electron chi connectivity index (χ4n) is 0.330. The van der Waals surface area contributed by atoms with E-state index in [4.69, 9.17) is 0 Å². The average Bonchev–Trinajstić information content (AvgIpc) is 1.82. The Bertz CT molecular complexity index is 135. The van der Waals surface area contributed by atoms with Crippen LogP contribution in [0.1, 0.15) is 0 Å². The molecule has 0 aromatic heterocycles. The molecular formula is C4H3F7O. The van der Waals surface area contributed by atoms with E-state index in [9.17, 15) is 30.7 Å². The third kappa shape index (κ3) is 3.24. The highest BCUT2D eigenvalue weighted by Gasteiger charge is 2.49. The van der Waals surface area contributed by atoms with Gasteiger partial charge in [0, 0.05) is 0 Å². The predicted octanol–water partition coefficient (Wildman–Crippen LogP) is 2.42. The molecule has 0 amide bonds. The maximum absolute atomic E-state index is 11.8. The minimum absolute atomic E-state index is 2.34. The van der Waals surface area contributed by atoms with Gasteiger partial charge in [0.1, 0.15) is 0 Å². The van der Waals surface area contributed by atoms with Crippen LogP contribution < -0.4 is 0 Å². The molecule has 0 saturated carbocycles. The van der Waals surface area contributed by atoms with Crippen molar-refractivity contribution in [2.75, 3.05) is 0 Å². The third-order valence-corrected chi connectivity index (χ3v) is 0.788. The molecule has 12 heavy (non-hydrogen) atoms. The van der Waals surface area contributed by atoms with Gasteiger partial charge in [0.15, 0.2) is 0 Å². The molecule has 0 heterocycles. The molecule has 0 aromatic rings. The monoisotopic (exact) mass is 200 g/mol. The van der Waals surface area contributed by atoms with Gasteiger partial charge in [-0.3, -0.25) is 4.74 Å². The summed E-state index contributed by atoms with van der Waals surface area (Å²) in [5.74, 6) is 0. The zero-order valence-electron chi connectivity index (χ0n) is 5.29. The van der Waals surface area contributed by atoms with E-state index in [2.05, 4.69) is 4.74 Å². The average molecular weight is 200 g/mol. The fraction of sp³-hybridized carbons (Fsp3) is 1.00. The number of alkyl halides is 7. The first-order chi connectivity index (χ1) is 5.27. The molecule has 0 aliphatic heterocycles. The Morgan fingerprint density at radius 3 is 1.58 bits per heavy atom. The molecule has 0 aliphatic carbocycles. The van der Waals surface area contributed by atoms with Gasteiger partial charge in [0.2, 0.25) is 0 Å². The van der Waals surface area contributed by atoms with Gasteiger partial charge in [0.25, 0.3) is 12.6 Å². The lowest BCUT2D eigenvalue weighted by atomic mass is 10.4. The van der Waals surface area contributed by atoms with Crippen LogP contribution in [0.2, 0.25) is 0 Å². The van der Waals surface area contributed by atoms with E-state index in [1.54, 1.807) is 0 Å². The van der Waals surface area contributed by atoms with Crippen molar-refractivity contribution in [1.29, 1.82) is 0 Å². The Morgan fingerprint density at radius 1 is 0.917 bits per heavy atom. The van der Waals surface area contributed by atoms with Gasteiger partial charge < -0.3 is 0 Å². The molecule has 0 saturated heterocycles. The largest absolute Gasteiger partial charge is 0.396 e. The van der Waals surface area contributed by atoms with Crippen LogP contribution in [0, 0.1) is 0 Å². The molecule has 0 N–H and O–H groups in total. The Kier molecular flexibility index (Phi) is 3.75.